The average Bonchev–Trinajstić information content (AvgIpc) is 1.94. The van der Waals surface area contributed by atoms with Crippen molar-refractivity contribution in [2.45, 2.75) is 6.92 Å². The Hall–Kier alpha value is -1.02. The maximum Gasteiger partial charge on any atom is 0.128 e. The number of hydrogen-bond donors (Lipinski definition) is 2. The van der Waals surface area contributed by atoms with E-state index in [0.717, 1.165) is 0 Å². The molecule has 0 amide bonds. The molecule has 1 aromatic rings. The number of phenols is 1. The van der Waals surface area contributed by atoms with Crippen LogP contribution >= 0.6 is 11.6 Å². The summed E-state index contributed by atoms with van der Waals surface area (Å²) >= 11 is 5.45. The summed E-state index contributed by atoms with van der Waals surface area (Å²) in [5.41, 5.74) is 1.22. The quantitative estimate of drug-likeness (QED) is 0.623. The molecule has 2 nitrogen and oxygen atoms in total. The molecular formula is C8H8ClNO. The monoisotopic (exact) mass is 169 g/mol. The van der Waals surface area contributed by atoms with E-state index < -0.39 is 0 Å². The normalized spacial score (nSPS) is 9.64. The highest BCUT2D eigenvalue weighted by Gasteiger charge is 2.04. The predicted octanol–water partition coefficient (Wildman–Crippen LogP) is 2.26. The van der Waals surface area contributed by atoms with E-state index in [-0.39, 0.29) is 10.9 Å². The highest BCUT2D eigenvalue weighted by atomic mass is 35.5. The van der Waals surface area contributed by atoms with E-state index in [9.17, 15) is 5.11 Å². The molecule has 0 saturated heterocycles. The zero-order valence-corrected chi connectivity index (χ0v) is 6.81. The number of hydrogen-bond acceptors (Lipinski definition) is 2. The van der Waals surface area contributed by atoms with Crippen LogP contribution in [0.1, 0.15) is 11.1 Å². The van der Waals surface area contributed by atoms with Gasteiger partial charge in [-0.2, -0.15) is 0 Å². The Morgan fingerprint density at radius 1 is 1.55 bits per heavy atom. The molecule has 0 heterocycles. The molecule has 58 valence electrons. The molecule has 1 rings (SSSR count). The smallest absolute Gasteiger partial charge is 0.128 e. The van der Waals surface area contributed by atoms with Crippen molar-refractivity contribution in [3.8, 4) is 5.75 Å². The summed E-state index contributed by atoms with van der Waals surface area (Å²) in [7, 11) is 0. The predicted molar refractivity (Wildman–Crippen MR) is 45.5 cm³/mol. The molecule has 0 atom stereocenters. The maximum absolute atomic E-state index is 9.19. The van der Waals surface area contributed by atoms with E-state index in [4.69, 9.17) is 17.0 Å². The maximum atomic E-state index is 9.19. The largest absolute Gasteiger partial charge is 0.508 e. The fourth-order valence-corrected chi connectivity index (χ4v) is 1.07. The summed E-state index contributed by atoms with van der Waals surface area (Å²) in [6.45, 7) is 1.72. The van der Waals surface area contributed by atoms with Crippen LogP contribution in [0.15, 0.2) is 18.2 Å². The van der Waals surface area contributed by atoms with Gasteiger partial charge in [0, 0.05) is 11.1 Å². The number of halogens is 1. The lowest BCUT2D eigenvalue weighted by Crippen LogP contribution is -1.92. The summed E-state index contributed by atoms with van der Waals surface area (Å²) in [4.78, 5) is 0. The van der Waals surface area contributed by atoms with Gasteiger partial charge in [-0.05, 0) is 13.0 Å². The molecule has 1 aromatic carbocycles. The molecule has 0 aliphatic carbocycles. The third-order valence-corrected chi connectivity index (χ3v) is 1.75. The Morgan fingerprint density at radius 3 is 2.64 bits per heavy atom. The first-order chi connectivity index (χ1) is 5.13. The molecular weight excluding hydrogens is 162 g/mol. The van der Waals surface area contributed by atoms with Gasteiger partial charge in [-0.3, -0.25) is 5.41 Å². The number of aromatic hydroxyl groups is 1. The second kappa shape index (κ2) is 2.93. The van der Waals surface area contributed by atoms with Crippen LogP contribution in [-0.4, -0.2) is 10.3 Å². The number of benzene rings is 1. The zero-order chi connectivity index (χ0) is 8.43. The van der Waals surface area contributed by atoms with Crippen molar-refractivity contribution >= 4 is 16.8 Å². The van der Waals surface area contributed by atoms with E-state index >= 15 is 0 Å². The van der Waals surface area contributed by atoms with Gasteiger partial charge in [0.15, 0.2) is 0 Å². The van der Waals surface area contributed by atoms with Crippen molar-refractivity contribution in [3.63, 3.8) is 0 Å². The first kappa shape index (κ1) is 8.08. The summed E-state index contributed by atoms with van der Waals surface area (Å²) in [5, 5.41) is 16.3. The van der Waals surface area contributed by atoms with Crippen LogP contribution in [0, 0.1) is 12.3 Å². The Morgan fingerprint density at radius 2 is 2.18 bits per heavy atom. The molecule has 0 spiro atoms. The minimum Gasteiger partial charge on any atom is -0.508 e. The summed E-state index contributed by atoms with van der Waals surface area (Å²) in [5.74, 6) is 0.174. The Kier molecular flexibility index (Phi) is 2.15. The lowest BCUT2D eigenvalue weighted by Gasteiger charge is -2.02. The molecule has 0 fully saturated rings. The van der Waals surface area contributed by atoms with Gasteiger partial charge < -0.3 is 5.11 Å². The number of phenolic OH excluding ortho intramolecular Hbond substituents is 1. The van der Waals surface area contributed by atoms with E-state index in [1.165, 1.54) is 0 Å². The topological polar surface area (TPSA) is 44.1 Å². The second-order valence-electron chi connectivity index (χ2n) is 2.26. The molecule has 3 heteroatoms. The van der Waals surface area contributed by atoms with Crippen molar-refractivity contribution in [3.05, 3.63) is 29.3 Å². The van der Waals surface area contributed by atoms with Crippen LogP contribution in [0.25, 0.3) is 0 Å². The average molecular weight is 170 g/mol. The lowest BCUT2D eigenvalue weighted by molar-refractivity contribution is 0.471. The number of rotatable bonds is 1. The zero-order valence-electron chi connectivity index (χ0n) is 6.06. The first-order valence-electron chi connectivity index (χ1n) is 3.16. The molecule has 0 aliphatic rings. The minimum absolute atomic E-state index is 0.0431. The van der Waals surface area contributed by atoms with Crippen LogP contribution in [0.4, 0.5) is 0 Å². The second-order valence-corrected chi connectivity index (χ2v) is 2.64. The van der Waals surface area contributed by atoms with Crippen LogP contribution in [0.5, 0.6) is 5.75 Å². The fraction of sp³-hybridized carbons (Fsp3) is 0.125. The van der Waals surface area contributed by atoms with Crippen LogP contribution in [0.2, 0.25) is 0 Å². The van der Waals surface area contributed by atoms with Crippen molar-refractivity contribution in [1.29, 1.82) is 5.41 Å². The third kappa shape index (κ3) is 1.52. The van der Waals surface area contributed by atoms with Crippen LogP contribution in [-0.2, 0) is 0 Å². The van der Waals surface area contributed by atoms with Gasteiger partial charge in [0.2, 0.25) is 0 Å². The van der Waals surface area contributed by atoms with E-state index in [0.29, 0.717) is 11.1 Å². The molecule has 0 bridgehead atoms. The Labute approximate surface area is 69.9 Å². The fourth-order valence-electron chi connectivity index (χ4n) is 0.861. The lowest BCUT2D eigenvalue weighted by atomic mass is 10.1. The summed E-state index contributed by atoms with van der Waals surface area (Å²) in [6, 6.07) is 4.93. The van der Waals surface area contributed by atoms with Crippen molar-refractivity contribution in [2.75, 3.05) is 0 Å². The standard InChI is InChI=1S/C8H8ClNO/c1-5-6(8(9)10)3-2-4-7(5)11/h2-4,10-11H,1H3. The van der Waals surface area contributed by atoms with Gasteiger partial charge in [-0.1, -0.05) is 23.7 Å². The van der Waals surface area contributed by atoms with Crippen molar-refractivity contribution in [1.82, 2.24) is 0 Å². The van der Waals surface area contributed by atoms with Crippen LogP contribution < -0.4 is 0 Å². The van der Waals surface area contributed by atoms with Gasteiger partial charge >= 0.3 is 0 Å². The van der Waals surface area contributed by atoms with Gasteiger partial charge in [0.1, 0.15) is 10.9 Å². The first-order valence-corrected chi connectivity index (χ1v) is 3.53. The van der Waals surface area contributed by atoms with Crippen LogP contribution in [0.3, 0.4) is 0 Å². The van der Waals surface area contributed by atoms with Crippen molar-refractivity contribution < 1.29 is 5.11 Å². The van der Waals surface area contributed by atoms with E-state index in [1.807, 2.05) is 0 Å². The van der Waals surface area contributed by atoms with Gasteiger partial charge in [-0.25, -0.2) is 0 Å². The minimum atomic E-state index is -0.0431. The Bertz CT molecular complexity index is 296. The van der Waals surface area contributed by atoms with Gasteiger partial charge in [0.05, 0.1) is 0 Å². The van der Waals surface area contributed by atoms with E-state index in [1.54, 1.807) is 25.1 Å². The molecule has 0 saturated carbocycles. The van der Waals surface area contributed by atoms with Gasteiger partial charge in [0.25, 0.3) is 0 Å². The summed E-state index contributed by atoms with van der Waals surface area (Å²) in [6.07, 6.45) is 0. The SMILES string of the molecule is Cc1c(O)cccc1C(=N)Cl. The molecule has 0 unspecified atom stereocenters. The van der Waals surface area contributed by atoms with Gasteiger partial charge in [-0.15, -0.1) is 0 Å². The highest BCUT2D eigenvalue weighted by Crippen LogP contribution is 2.20. The molecule has 0 aromatic heterocycles. The Balaban J connectivity index is 3.27. The number of nitrogens with one attached hydrogen (secondary N) is 1. The molecule has 0 radical (unpaired) electrons. The molecule has 2 N–H and O–H groups in total. The van der Waals surface area contributed by atoms with E-state index in [2.05, 4.69) is 0 Å². The van der Waals surface area contributed by atoms with Crippen molar-refractivity contribution in [2.24, 2.45) is 0 Å². The third-order valence-electron chi connectivity index (χ3n) is 1.54. The molecule has 0 aliphatic heterocycles. The highest BCUT2D eigenvalue weighted by molar-refractivity contribution is 6.68. The molecule has 11 heavy (non-hydrogen) atoms. The summed E-state index contributed by atoms with van der Waals surface area (Å²) < 4.78 is 0.